The van der Waals surface area contributed by atoms with Crippen LogP contribution in [-0.4, -0.2) is 18.7 Å². The first-order chi connectivity index (χ1) is 9.11. The first kappa shape index (κ1) is 13.0. The van der Waals surface area contributed by atoms with Crippen molar-refractivity contribution in [3.63, 3.8) is 0 Å². The minimum absolute atomic E-state index is 0.0334. The zero-order valence-corrected chi connectivity index (χ0v) is 11.8. The van der Waals surface area contributed by atoms with Gasteiger partial charge in [-0.2, -0.15) is 0 Å². The minimum atomic E-state index is -0.150. The van der Waals surface area contributed by atoms with Crippen LogP contribution in [0.3, 0.4) is 0 Å². The fourth-order valence-corrected chi connectivity index (χ4v) is 4.91. The highest BCUT2D eigenvalue weighted by atomic mass is 16.6. The van der Waals surface area contributed by atoms with Crippen LogP contribution in [0.5, 0.6) is 0 Å². The molecule has 0 amide bonds. The maximum Gasteiger partial charge on any atom is 0.312 e. The summed E-state index contributed by atoms with van der Waals surface area (Å²) in [4.78, 5) is 12.5. The molecule has 4 rings (SSSR count). The summed E-state index contributed by atoms with van der Waals surface area (Å²) in [6, 6.07) is 0. The Bertz CT molecular complexity index is 339. The molecule has 1 unspecified atom stereocenters. The number of ether oxygens (including phenoxy) is 2. The van der Waals surface area contributed by atoms with Gasteiger partial charge in [0.25, 0.3) is 0 Å². The average Bonchev–Trinajstić information content (AvgIpc) is 2.34. The Kier molecular flexibility index (Phi) is 3.32. The van der Waals surface area contributed by atoms with E-state index in [1.807, 2.05) is 6.92 Å². The Morgan fingerprint density at radius 1 is 1.26 bits per heavy atom. The molecule has 0 saturated heterocycles. The first-order valence-electron chi connectivity index (χ1n) is 7.55. The number of carbonyl (C=O) groups is 1. The zero-order valence-electron chi connectivity index (χ0n) is 11.8. The molecule has 0 heterocycles. The van der Waals surface area contributed by atoms with Crippen molar-refractivity contribution >= 4 is 5.97 Å². The Morgan fingerprint density at radius 3 is 2.26 bits per heavy atom. The van der Waals surface area contributed by atoms with Crippen LogP contribution in [0.4, 0.5) is 0 Å². The molecule has 4 aliphatic rings. The van der Waals surface area contributed by atoms with Crippen LogP contribution in [0.25, 0.3) is 0 Å². The van der Waals surface area contributed by atoms with Gasteiger partial charge in [-0.3, -0.25) is 4.79 Å². The van der Waals surface area contributed by atoms with Crippen LogP contribution in [-0.2, 0) is 14.3 Å². The molecule has 0 N–H and O–H groups in total. The highest BCUT2D eigenvalue weighted by Gasteiger charge is 2.55. The van der Waals surface area contributed by atoms with Crippen molar-refractivity contribution in [1.29, 1.82) is 0 Å². The van der Waals surface area contributed by atoms with E-state index in [0.29, 0.717) is 6.61 Å². The third-order valence-corrected chi connectivity index (χ3v) is 5.25. The lowest BCUT2D eigenvalue weighted by atomic mass is 9.49. The molecule has 19 heavy (non-hydrogen) atoms. The predicted octanol–water partition coefficient (Wildman–Crippen LogP) is 3.29. The van der Waals surface area contributed by atoms with E-state index in [-0.39, 0.29) is 17.5 Å². The van der Waals surface area contributed by atoms with E-state index in [4.69, 9.17) is 9.47 Å². The zero-order chi connectivity index (χ0) is 13.5. The van der Waals surface area contributed by atoms with Gasteiger partial charge in [0.1, 0.15) is 12.7 Å². The molecule has 1 atom stereocenters. The smallest absolute Gasteiger partial charge is 0.312 e. The SMILES string of the molecule is C=COC(C)COC(=O)C12CC3CC(CC(C3)C1)C2. The van der Waals surface area contributed by atoms with E-state index in [2.05, 4.69) is 6.58 Å². The summed E-state index contributed by atoms with van der Waals surface area (Å²) in [6.45, 7) is 5.76. The van der Waals surface area contributed by atoms with Gasteiger partial charge in [-0.15, -0.1) is 0 Å². The lowest BCUT2D eigenvalue weighted by Gasteiger charge is -2.55. The summed E-state index contributed by atoms with van der Waals surface area (Å²) < 4.78 is 10.7. The molecule has 4 aliphatic carbocycles. The van der Waals surface area contributed by atoms with Crippen molar-refractivity contribution in [3.05, 3.63) is 12.8 Å². The lowest BCUT2D eigenvalue weighted by Crippen LogP contribution is -2.50. The summed E-state index contributed by atoms with van der Waals surface area (Å²) in [5, 5.41) is 0. The van der Waals surface area contributed by atoms with Crippen LogP contribution in [0.15, 0.2) is 12.8 Å². The maximum absolute atomic E-state index is 12.5. The topological polar surface area (TPSA) is 35.5 Å². The van der Waals surface area contributed by atoms with Gasteiger partial charge in [0, 0.05) is 0 Å². The Labute approximate surface area is 115 Å². The Morgan fingerprint density at radius 2 is 1.79 bits per heavy atom. The number of carbonyl (C=O) groups excluding carboxylic acids is 1. The van der Waals surface area contributed by atoms with Crippen LogP contribution < -0.4 is 0 Å². The minimum Gasteiger partial charge on any atom is -0.495 e. The van der Waals surface area contributed by atoms with Gasteiger partial charge in [0.2, 0.25) is 0 Å². The summed E-state index contributed by atoms with van der Waals surface area (Å²) >= 11 is 0. The molecule has 3 nitrogen and oxygen atoms in total. The van der Waals surface area contributed by atoms with Crippen molar-refractivity contribution in [1.82, 2.24) is 0 Å². The number of esters is 1. The van der Waals surface area contributed by atoms with Gasteiger partial charge in [0.15, 0.2) is 0 Å². The molecule has 106 valence electrons. The monoisotopic (exact) mass is 264 g/mol. The van der Waals surface area contributed by atoms with E-state index in [9.17, 15) is 4.79 Å². The number of hydrogen-bond acceptors (Lipinski definition) is 3. The van der Waals surface area contributed by atoms with Crippen molar-refractivity contribution in [3.8, 4) is 0 Å². The molecule has 0 radical (unpaired) electrons. The van der Waals surface area contributed by atoms with Gasteiger partial charge in [0.05, 0.1) is 11.7 Å². The molecule has 4 fully saturated rings. The second-order valence-corrected chi connectivity index (χ2v) is 6.91. The fourth-order valence-electron chi connectivity index (χ4n) is 4.91. The van der Waals surface area contributed by atoms with Crippen molar-refractivity contribution in [2.45, 2.75) is 51.6 Å². The number of hydrogen-bond donors (Lipinski definition) is 0. The average molecular weight is 264 g/mol. The molecule has 0 aromatic carbocycles. The normalized spacial score (nSPS) is 40.8. The fraction of sp³-hybridized carbons (Fsp3) is 0.812. The second-order valence-electron chi connectivity index (χ2n) is 6.91. The summed E-state index contributed by atoms with van der Waals surface area (Å²) in [5.41, 5.74) is -0.150. The molecule has 3 heteroatoms. The van der Waals surface area contributed by atoms with Crippen LogP contribution in [0, 0.1) is 23.2 Å². The second kappa shape index (κ2) is 4.84. The van der Waals surface area contributed by atoms with Gasteiger partial charge in [-0.05, 0) is 63.2 Å². The van der Waals surface area contributed by atoms with Gasteiger partial charge in [-0.25, -0.2) is 0 Å². The molecule has 0 aliphatic heterocycles. The quantitative estimate of drug-likeness (QED) is 0.564. The summed E-state index contributed by atoms with van der Waals surface area (Å²) in [5.74, 6) is 2.37. The predicted molar refractivity (Wildman–Crippen MR) is 72.3 cm³/mol. The molecule has 0 spiro atoms. The van der Waals surface area contributed by atoms with E-state index < -0.39 is 0 Å². The highest BCUT2D eigenvalue weighted by Crippen LogP contribution is 2.60. The van der Waals surface area contributed by atoms with Crippen molar-refractivity contribution in [2.75, 3.05) is 6.61 Å². The molecule has 4 saturated carbocycles. The van der Waals surface area contributed by atoms with Crippen LogP contribution in [0.1, 0.15) is 45.4 Å². The molecule has 4 bridgehead atoms. The molecular formula is C16H24O3. The number of rotatable bonds is 5. The highest BCUT2D eigenvalue weighted by molar-refractivity contribution is 5.77. The van der Waals surface area contributed by atoms with Gasteiger partial charge in [-0.1, -0.05) is 6.58 Å². The Hall–Kier alpha value is -0.990. The standard InChI is InChI=1S/C16H24O3/c1-3-18-11(2)10-19-15(17)16-7-12-4-13(8-16)6-14(5-12)9-16/h3,11-14H,1,4-10H2,2H3. The summed E-state index contributed by atoms with van der Waals surface area (Å²) in [7, 11) is 0. The maximum atomic E-state index is 12.5. The lowest BCUT2D eigenvalue weighted by molar-refractivity contribution is -0.174. The largest absolute Gasteiger partial charge is 0.495 e. The van der Waals surface area contributed by atoms with E-state index in [1.165, 1.54) is 25.5 Å². The van der Waals surface area contributed by atoms with E-state index >= 15 is 0 Å². The van der Waals surface area contributed by atoms with Crippen molar-refractivity contribution in [2.24, 2.45) is 23.2 Å². The summed E-state index contributed by atoms with van der Waals surface area (Å²) in [6.07, 6.45) is 8.55. The van der Waals surface area contributed by atoms with Crippen LogP contribution in [0.2, 0.25) is 0 Å². The molecule has 0 aromatic rings. The van der Waals surface area contributed by atoms with E-state index in [0.717, 1.165) is 37.0 Å². The third kappa shape index (κ3) is 2.39. The van der Waals surface area contributed by atoms with Crippen molar-refractivity contribution < 1.29 is 14.3 Å². The molecule has 0 aromatic heterocycles. The van der Waals surface area contributed by atoms with Gasteiger partial charge < -0.3 is 9.47 Å². The van der Waals surface area contributed by atoms with Gasteiger partial charge >= 0.3 is 5.97 Å². The Balaban J connectivity index is 1.61. The van der Waals surface area contributed by atoms with Crippen LogP contribution >= 0.6 is 0 Å². The van der Waals surface area contributed by atoms with E-state index in [1.54, 1.807) is 0 Å². The molecular weight excluding hydrogens is 240 g/mol. The first-order valence-corrected chi connectivity index (χ1v) is 7.55. The third-order valence-electron chi connectivity index (χ3n) is 5.25.